The number of aromatic nitrogens is 1. The zero-order chi connectivity index (χ0) is 23.7. The van der Waals surface area contributed by atoms with Gasteiger partial charge >= 0.3 is 5.97 Å². The van der Waals surface area contributed by atoms with Crippen molar-refractivity contribution in [3.8, 4) is 5.75 Å². The maximum atomic E-state index is 12.3. The van der Waals surface area contributed by atoms with Crippen LogP contribution in [0, 0.1) is 13.8 Å². The van der Waals surface area contributed by atoms with Crippen LogP contribution in [0.5, 0.6) is 5.75 Å². The van der Waals surface area contributed by atoms with Crippen molar-refractivity contribution in [2.24, 2.45) is 5.73 Å². The molecule has 33 heavy (non-hydrogen) atoms. The molecule has 6 nitrogen and oxygen atoms in total. The highest BCUT2D eigenvalue weighted by Gasteiger charge is 2.23. The minimum Gasteiger partial charge on any atom is -0.479 e. The number of carbonyl (C=O) groups is 2. The Hall–Kier alpha value is -3.80. The summed E-state index contributed by atoms with van der Waals surface area (Å²) in [5.41, 5.74) is 11.4. The number of aliphatic carboxylic acids is 1. The van der Waals surface area contributed by atoms with Crippen molar-refractivity contribution < 1.29 is 19.4 Å². The van der Waals surface area contributed by atoms with E-state index in [1.807, 2.05) is 31.2 Å². The number of aryl methyl sites for hydroxylation is 2. The highest BCUT2D eigenvalue weighted by molar-refractivity contribution is 6.19. The molecule has 0 spiro atoms. The molecule has 1 aromatic heterocycles. The number of carboxylic acids is 1. The van der Waals surface area contributed by atoms with Crippen LogP contribution in [0.2, 0.25) is 0 Å². The second-order valence-corrected chi connectivity index (χ2v) is 8.45. The van der Waals surface area contributed by atoms with Gasteiger partial charge in [0.05, 0.1) is 16.4 Å². The molecule has 0 aliphatic heterocycles. The predicted octanol–water partition coefficient (Wildman–Crippen LogP) is 5.19. The van der Waals surface area contributed by atoms with Gasteiger partial charge in [0.15, 0.2) is 6.10 Å². The largest absolute Gasteiger partial charge is 0.479 e. The molecule has 170 valence electrons. The maximum absolute atomic E-state index is 12.3. The first-order valence-electron chi connectivity index (χ1n) is 11.1. The maximum Gasteiger partial charge on any atom is 0.344 e. The lowest BCUT2D eigenvalue weighted by atomic mass is 10.1. The average Bonchev–Trinajstić information content (AvgIpc) is 3.10. The number of hydrogen-bond acceptors (Lipinski definition) is 3. The van der Waals surface area contributed by atoms with E-state index < -0.39 is 18.0 Å². The zero-order valence-electron chi connectivity index (χ0n) is 19.1. The van der Waals surface area contributed by atoms with E-state index in [1.54, 1.807) is 12.1 Å². The van der Waals surface area contributed by atoms with E-state index in [0.717, 1.165) is 16.6 Å². The number of carbonyl (C=O) groups excluding carboxylic acids is 1. The SMILES string of the molecule is CCCC(Oc1cccc2c1c1c(C(N)=O)cccc1n2Cc1ccc(C)c(C)c1)C(=O)O. The van der Waals surface area contributed by atoms with Crippen LogP contribution in [0.1, 0.15) is 46.8 Å². The Bertz CT molecular complexity index is 1370. The molecule has 4 rings (SSSR count). The third kappa shape index (κ3) is 4.16. The molecule has 0 saturated carbocycles. The molecule has 1 unspecified atom stereocenters. The molecule has 6 heteroatoms. The summed E-state index contributed by atoms with van der Waals surface area (Å²) in [5, 5.41) is 11.0. The third-order valence-electron chi connectivity index (χ3n) is 6.15. The van der Waals surface area contributed by atoms with E-state index in [4.69, 9.17) is 10.5 Å². The van der Waals surface area contributed by atoms with Crippen LogP contribution in [0.3, 0.4) is 0 Å². The fourth-order valence-corrected chi connectivity index (χ4v) is 4.36. The van der Waals surface area contributed by atoms with Crippen LogP contribution >= 0.6 is 0 Å². The number of nitrogens with two attached hydrogens (primary N) is 1. The highest BCUT2D eigenvalue weighted by Crippen LogP contribution is 2.38. The van der Waals surface area contributed by atoms with Crippen LogP contribution in [-0.2, 0) is 11.3 Å². The van der Waals surface area contributed by atoms with Crippen molar-refractivity contribution >= 4 is 33.7 Å². The van der Waals surface area contributed by atoms with Gasteiger partial charge in [-0.1, -0.05) is 43.7 Å². The first kappa shape index (κ1) is 22.4. The minimum absolute atomic E-state index is 0.384. The quantitative estimate of drug-likeness (QED) is 0.391. The van der Waals surface area contributed by atoms with Crippen LogP contribution < -0.4 is 10.5 Å². The third-order valence-corrected chi connectivity index (χ3v) is 6.15. The number of amides is 1. The molecular weight excluding hydrogens is 416 g/mol. The number of nitrogens with zero attached hydrogens (tertiary/aromatic N) is 1. The lowest BCUT2D eigenvalue weighted by Crippen LogP contribution is -2.26. The summed E-state index contributed by atoms with van der Waals surface area (Å²) in [4.78, 5) is 24.1. The summed E-state index contributed by atoms with van der Waals surface area (Å²) in [5.74, 6) is -1.11. The predicted molar refractivity (Wildman–Crippen MR) is 130 cm³/mol. The van der Waals surface area contributed by atoms with Gasteiger partial charge in [-0.2, -0.15) is 0 Å². The average molecular weight is 445 g/mol. The molecule has 4 aromatic rings. The van der Waals surface area contributed by atoms with Crippen molar-refractivity contribution in [2.75, 3.05) is 0 Å². The number of carboxylic acid groups (broad SMARTS) is 1. The Morgan fingerprint density at radius 2 is 1.70 bits per heavy atom. The summed E-state index contributed by atoms with van der Waals surface area (Å²) in [7, 11) is 0. The number of rotatable bonds is 8. The Morgan fingerprint density at radius 3 is 2.33 bits per heavy atom. The Labute approximate surface area is 192 Å². The Balaban J connectivity index is 1.98. The van der Waals surface area contributed by atoms with E-state index in [9.17, 15) is 14.7 Å². The van der Waals surface area contributed by atoms with E-state index >= 15 is 0 Å². The first-order valence-corrected chi connectivity index (χ1v) is 11.1. The molecule has 0 aliphatic carbocycles. The molecule has 1 amide bonds. The normalized spacial score (nSPS) is 12.2. The molecule has 0 radical (unpaired) electrons. The summed E-state index contributed by atoms with van der Waals surface area (Å²) in [6.07, 6.45) is 0.0865. The van der Waals surface area contributed by atoms with Gasteiger partial charge in [0, 0.05) is 17.5 Å². The molecule has 0 aliphatic rings. The van der Waals surface area contributed by atoms with Crippen LogP contribution in [-0.4, -0.2) is 27.7 Å². The topological polar surface area (TPSA) is 94.5 Å². The van der Waals surface area contributed by atoms with Gasteiger partial charge in [-0.05, 0) is 61.2 Å². The van der Waals surface area contributed by atoms with Gasteiger partial charge in [0.1, 0.15) is 5.75 Å². The summed E-state index contributed by atoms with van der Waals surface area (Å²) in [6, 6.07) is 17.4. The van der Waals surface area contributed by atoms with Gasteiger partial charge in [-0.3, -0.25) is 4.79 Å². The van der Waals surface area contributed by atoms with Crippen molar-refractivity contribution in [1.82, 2.24) is 4.57 Å². The van der Waals surface area contributed by atoms with Gasteiger partial charge in [0.25, 0.3) is 0 Å². The Morgan fingerprint density at radius 1 is 1.00 bits per heavy atom. The lowest BCUT2D eigenvalue weighted by molar-refractivity contribution is -0.145. The fourth-order valence-electron chi connectivity index (χ4n) is 4.36. The standard InChI is InChI=1S/C27H28N2O4/c1-4-7-23(27(31)32)33-22-11-6-10-21-25(22)24-19(26(28)30)8-5-9-20(24)29(21)15-18-13-12-16(2)17(3)14-18/h5-6,8-14,23H,4,7,15H2,1-3H3,(H2,28,30)(H,31,32). The number of primary amides is 1. The fraction of sp³-hybridized carbons (Fsp3) is 0.259. The van der Waals surface area contributed by atoms with Crippen LogP contribution in [0.4, 0.5) is 0 Å². The van der Waals surface area contributed by atoms with E-state index in [2.05, 4.69) is 36.6 Å². The number of ether oxygens (including phenoxy) is 1. The Kier molecular flexibility index (Phi) is 6.09. The molecule has 0 saturated heterocycles. The molecule has 0 fully saturated rings. The second kappa shape index (κ2) is 8.98. The number of fused-ring (bicyclic) bond motifs is 3. The molecule has 0 bridgehead atoms. The van der Waals surface area contributed by atoms with Crippen molar-refractivity contribution in [3.05, 3.63) is 76.9 Å². The van der Waals surface area contributed by atoms with Gasteiger partial charge in [0.2, 0.25) is 5.91 Å². The molecule has 3 N–H and O–H groups in total. The smallest absolute Gasteiger partial charge is 0.344 e. The van der Waals surface area contributed by atoms with Gasteiger partial charge < -0.3 is 20.1 Å². The first-order chi connectivity index (χ1) is 15.8. The van der Waals surface area contributed by atoms with Crippen molar-refractivity contribution in [1.29, 1.82) is 0 Å². The van der Waals surface area contributed by atoms with Gasteiger partial charge in [-0.15, -0.1) is 0 Å². The summed E-state index contributed by atoms with van der Waals surface area (Å²) in [6.45, 7) is 6.67. The lowest BCUT2D eigenvalue weighted by Gasteiger charge is -2.16. The monoisotopic (exact) mass is 444 g/mol. The summed E-state index contributed by atoms with van der Waals surface area (Å²) >= 11 is 0. The van der Waals surface area contributed by atoms with E-state index in [1.165, 1.54) is 11.1 Å². The summed E-state index contributed by atoms with van der Waals surface area (Å²) < 4.78 is 8.13. The zero-order valence-corrected chi connectivity index (χ0v) is 19.1. The second-order valence-electron chi connectivity index (χ2n) is 8.45. The van der Waals surface area contributed by atoms with Gasteiger partial charge in [-0.25, -0.2) is 4.79 Å². The van der Waals surface area contributed by atoms with Crippen LogP contribution in [0.25, 0.3) is 21.8 Å². The van der Waals surface area contributed by atoms with E-state index in [-0.39, 0.29) is 0 Å². The molecule has 1 heterocycles. The molecule has 1 atom stereocenters. The highest BCUT2D eigenvalue weighted by atomic mass is 16.5. The number of hydrogen-bond donors (Lipinski definition) is 2. The van der Waals surface area contributed by atoms with Crippen LogP contribution in [0.15, 0.2) is 54.6 Å². The van der Waals surface area contributed by atoms with E-state index in [0.29, 0.717) is 41.5 Å². The number of benzene rings is 3. The minimum atomic E-state index is -1.01. The van der Waals surface area contributed by atoms with Crippen molar-refractivity contribution in [2.45, 2.75) is 46.3 Å². The van der Waals surface area contributed by atoms with Crippen molar-refractivity contribution in [3.63, 3.8) is 0 Å². The molecular formula is C27H28N2O4. The molecule has 3 aromatic carbocycles.